The molecule has 3 rings (SSSR count). The third kappa shape index (κ3) is 2.97. The average molecular weight is 288 g/mol. The molecule has 1 aromatic carbocycles. The lowest BCUT2D eigenvalue weighted by molar-refractivity contribution is -0.134. The Balaban J connectivity index is 1.73. The van der Waals surface area contributed by atoms with Gasteiger partial charge in [-0.25, -0.2) is 0 Å². The minimum absolute atomic E-state index is 0.0247. The van der Waals surface area contributed by atoms with Crippen LogP contribution < -0.4 is 11.1 Å². The highest BCUT2D eigenvalue weighted by Crippen LogP contribution is 2.39. The molecule has 114 valence electrons. The smallest absolute Gasteiger partial charge is 0.249 e. The van der Waals surface area contributed by atoms with E-state index in [2.05, 4.69) is 17.4 Å². The van der Waals surface area contributed by atoms with E-state index in [9.17, 15) is 4.79 Å². The molecule has 1 aliphatic carbocycles. The third-order valence-corrected chi connectivity index (χ3v) is 4.81. The molecule has 1 saturated heterocycles. The van der Waals surface area contributed by atoms with Crippen LogP contribution in [-0.4, -0.2) is 24.7 Å². The van der Waals surface area contributed by atoms with Crippen LogP contribution in [0, 0.1) is 0 Å². The van der Waals surface area contributed by atoms with Crippen molar-refractivity contribution in [2.24, 2.45) is 5.73 Å². The first kappa shape index (κ1) is 14.5. The molecule has 0 aromatic heterocycles. The minimum Gasteiger partial charge on any atom is -0.364 e. The summed E-state index contributed by atoms with van der Waals surface area (Å²) < 4.78 is 5.73. The lowest BCUT2D eigenvalue weighted by Crippen LogP contribution is -2.48. The molecule has 1 aliphatic heterocycles. The van der Waals surface area contributed by atoms with Gasteiger partial charge in [0, 0.05) is 6.54 Å². The van der Waals surface area contributed by atoms with Crippen molar-refractivity contribution < 1.29 is 9.53 Å². The number of ether oxygens (including phenoxy) is 1. The summed E-state index contributed by atoms with van der Waals surface area (Å²) in [6.45, 7) is 0.494. The van der Waals surface area contributed by atoms with Gasteiger partial charge in [-0.2, -0.15) is 0 Å². The third-order valence-electron chi connectivity index (χ3n) is 4.81. The fourth-order valence-corrected chi connectivity index (χ4v) is 3.61. The summed E-state index contributed by atoms with van der Waals surface area (Å²) in [5.41, 5.74) is 6.63. The highest BCUT2D eigenvalue weighted by molar-refractivity contribution is 5.82. The Morgan fingerprint density at radius 1 is 1.24 bits per heavy atom. The molecule has 1 aromatic rings. The Bertz CT molecular complexity index is 483. The molecule has 1 heterocycles. The van der Waals surface area contributed by atoms with E-state index < -0.39 is 0 Å². The van der Waals surface area contributed by atoms with Crippen LogP contribution in [0.4, 0.5) is 0 Å². The number of nitrogens with one attached hydrogen (secondary N) is 1. The van der Waals surface area contributed by atoms with E-state index in [0.717, 1.165) is 38.5 Å². The van der Waals surface area contributed by atoms with Crippen LogP contribution in [0.3, 0.4) is 0 Å². The summed E-state index contributed by atoms with van der Waals surface area (Å²) >= 11 is 0. The highest BCUT2D eigenvalue weighted by Gasteiger charge is 2.40. The van der Waals surface area contributed by atoms with Gasteiger partial charge in [0.2, 0.25) is 5.91 Å². The molecule has 1 saturated carbocycles. The van der Waals surface area contributed by atoms with E-state index >= 15 is 0 Å². The van der Waals surface area contributed by atoms with Crippen LogP contribution in [0.15, 0.2) is 30.3 Å². The first-order valence-electron chi connectivity index (χ1n) is 7.96. The molecule has 0 unspecified atom stereocenters. The molecule has 1 amide bonds. The Morgan fingerprint density at radius 2 is 1.95 bits per heavy atom. The maximum absolute atomic E-state index is 12.6. The molecule has 2 atom stereocenters. The SMILES string of the molecule is NC[C@H]1CC[C@@H](C(=O)NC2(c3ccccc3)CCCC2)O1. The van der Waals surface area contributed by atoms with E-state index in [1.54, 1.807) is 0 Å². The molecular weight excluding hydrogens is 264 g/mol. The zero-order chi connectivity index (χ0) is 14.7. The van der Waals surface area contributed by atoms with E-state index in [0.29, 0.717) is 6.54 Å². The standard InChI is InChI=1S/C17H24N2O2/c18-12-14-8-9-15(21-14)16(20)19-17(10-4-5-11-17)13-6-2-1-3-7-13/h1-3,6-7,14-15H,4-5,8-12,18H2,(H,19,20)/t14-,15+/m1/s1. The Kier molecular flexibility index (Phi) is 4.27. The van der Waals surface area contributed by atoms with E-state index in [1.807, 2.05) is 18.2 Å². The van der Waals surface area contributed by atoms with Crippen molar-refractivity contribution in [1.29, 1.82) is 0 Å². The first-order chi connectivity index (χ1) is 10.2. The van der Waals surface area contributed by atoms with E-state index in [1.165, 1.54) is 5.56 Å². The van der Waals surface area contributed by atoms with Gasteiger partial charge in [-0.05, 0) is 31.2 Å². The summed E-state index contributed by atoms with van der Waals surface area (Å²) in [6, 6.07) is 10.3. The van der Waals surface area contributed by atoms with Crippen LogP contribution in [-0.2, 0) is 15.1 Å². The summed E-state index contributed by atoms with van der Waals surface area (Å²) in [5.74, 6) is 0.0247. The molecule has 0 radical (unpaired) electrons. The van der Waals surface area contributed by atoms with Gasteiger partial charge in [0.05, 0.1) is 11.6 Å². The second-order valence-corrected chi connectivity index (χ2v) is 6.20. The Morgan fingerprint density at radius 3 is 2.57 bits per heavy atom. The number of carbonyl (C=O) groups is 1. The van der Waals surface area contributed by atoms with Gasteiger partial charge in [0.15, 0.2) is 0 Å². The van der Waals surface area contributed by atoms with Gasteiger partial charge in [-0.3, -0.25) is 4.79 Å². The summed E-state index contributed by atoms with van der Waals surface area (Å²) in [7, 11) is 0. The van der Waals surface area contributed by atoms with Crippen molar-refractivity contribution in [3.05, 3.63) is 35.9 Å². The van der Waals surface area contributed by atoms with Crippen molar-refractivity contribution in [2.45, 2.75) is 56.3 Å². The zero-order valence-corrected chi connectivity index (χ0v) is 12.4. The second kappa shape index (κ2) is 6.16. The fraction of sp³-hybridized carbons (Fsp3) is 0.588. The number of hydrogen-bond donors (Lipinski definition) is 2. The molecule has 3 N–H and O–H groups in total. The van der Waals surface area contributed by atoms with Crippen LogP contribution in [0.5, 0.6) is 0 Å². The van der Waals surface area contributed by atoms with Crippen molar-refractivity contribution in [3.63, 3.8) is 0 Å². The summed E-state index contributed by atoms with van der Waals surface area (Å²) in [5, 5.41) is 3.29. The van der Waals surface area contributed by atoms with Gasteiger partial charge in [0.1, 0.15) is 6.10 Å². The monoisotopic (exact) mass is 288 g/mol. The topological polar surface area (TPSA) is 64.4 Å². The second-order valence-electron chi connectivity index (χ2n) is 6.20. The van der Waals surface area contributed by atoms with Crippen molar-refractivity contribution >= 4 is 5.91 Å². The Hall–Kier alpha value is -1.39. The van der Waals surface area contributed by atoms with Crippen LogP contribution in [0.1, 0.15) is 44.1 Å². The van der Waals surface area contributed by atoms with Gasteiger partial charge in [-0.1, -0.05) is 43.2 Å². The van der Waals surface area contributed by atoms with Crippen molar-refractivity contribution in [2.75, 3.05) is 6.54 Å². The summed E-state index contributed by atoms with van der Waals surface area (Å²) in [6.07, 6.45) is 5.70. The molecule has 2 fully saturated rings. The number of nitrogens with two attached hydrogens (primary N) is 1. The first-order valence-corrected chi connectivity index (χ1v) is 7.96. The maximum atomic E-state index is 12.6. The Labute approximate surface area is 126 Å². The molecule has 4 nitrogen and oxygen atoms in total. The molecule has 0 bridgehead atoms. The number of benzene rings is 1. The van der Waals surface area contributed by atoms with Crippen molar-refractivity contribution in [3.8, 4) is 0 Å². The van der Waals surface area contributed by atoms with Gasteiger partial charge >= 0.3 is 0 Å². The minimum atomic E-state index is -0.334. The predicted octanol–water partition coefficient (Wildman–Crippen LogP) is 2.08. The molecule has 4 heteroatoms. The zero-order valence-electron chi connectivity index (χ0n) is 12.4. The number of rotatable bonds is 4. The molecule has 21 heavy (non-hydrogen) atoms. The average Bonchev–Trinajstić information content (AvgIpc) is 3.18. The van der Waals surface area contributed by atoms with Crippen LogP contribution in [0.25, 0.3) is 0 Å². The molecular formula is C17H24N2O2. The number of carbonyl (C=O) groups excluding carboxylic acids is 1. The van der Waals surface area contributed by atoms with E-state index in [-0.39, 0.29) is 23.7 Å². The normalized spacial score (nSPS) is 27.7. The number of hydrogen-bond acceptors (Lipinski definition) is 3. The number of amides is 1. The van der Waals surface area contributed by atoms with Gasteiger partial charge in [0.25, 0.3) is 0 Å². The van der Waals surface area contributed by atoms with Gasteiger partial charge in [-0.15, -0.1) is 0 Å². The lowest BCUT2D eigenvalue weighted by Gasteiger charge is -2.32. The van der Waals surface area contributed by atoms with Crippen LogP contribution >= 0.6 is 0 Å². The molecule has 2 aliphatic rings. The highest BCUT2D eigenvalue weighted by atomic mass is 16.5. The lowest BCUT2D eigenvalue weighted by atomic mass is 9.88. The summed E-state index contributed by atoms with van der Waals surface area (Å²) in [4.78, 5) is 12.6. The fourth-order valence-electron chi connectivity index (χ4n) is 3.61. The van der Waals surface area contributed by atoms with Crippen LogP contribution in [0.2, 0.25) is 0 Å². The van der Waals surface area contributed by atoms with Crippen molar-refractivity contribution in [1.82, 2.24) is 5.32 Å². The van der Waals surface area contributed by atoms with E-state index in [4.69, 9.17) is 10.5 Å². The largest absolute Gasteiger partial charge is 0.364 e. The predicted molar refractivity (Wildman–Crippen MR) is 81.7 cm³/mol. The quantitative estimate of drug-likeness (QED) is 0.891. The van der Waals surface area contributed by atoms with Gasteiger partial charge < -0.3 is 15.8 Å². The molecule has 0 spiro atoms. The maximum Gasteiger partial charge on any atom is 0.249 e.